The maximum absolute atomic E-state index is 12.7. The second-order valence-electron chi connectivity index (χ2n) is 6.78. The predicted octanol–water partition coefficient (Wildman–Crippen LogP) is 5.07. The molecule has 3 rings (SSSR count). The van der Waals surface area contributed by atoms with Crippen LogP contribution in [0.1, 0.15) is 35.3 Å². The molecule has 0 unspecified atom stereocenters. The summed E-state index contributed by atoms with van der Waals surface area (Å²) in [6, 6.07) is 22.9. The summed E-state index contributed by atoms with van der Waals surface area (Å²) in [6.45, 7) is 4.21. The van der Waals surface area contributed by atoms with Crippen LogP contribution < -0.4 is 16.0 Å². The highest BCUT2D eigenvalue weighted by Gasteiger charge is 2.08. The second kappa shape index (κ2) is 9.55. The molecule has 5 nitrogen and oxygen atoms in total. The number of carbonyl (C=O) groups excluding carboxylic acids is 2. The van der Waals surface area contributed by atoms with Crippen molar-refractivity contribution in [2.75, 3.05) is 16.0 Å². The molecule has 0 aliphatic carbocycles. The number of rotatable bonds is 7. The van der Waals surface area contributed by atoms with E-state index in [2.05, 4.69) is 35.0 Å². The van der Waals surface area contributed by atoms with Gasteiger partial charge in [0, 0.05) is 36.1 Å². The number of aryl methyl sites for hydroxylation is 1. The highest BCUT2D eigenvalue weighted by atomic mass is 16.2. The van der Waals surface area contributed by atoms with Gasteiger partial charge >= 0.3 is 0 Å². The molecule has 0 fully saturated rings. The Labute approximate surface area is 171 Å². The molecule has 0 saturated carbocycles. The van der Waals surface area contributed by atoms with Gasteiger partial charge in [-0.3, -0.25) is 9.59 Å². The SMILES string of the molecule is CCc1ccccc1NCc1cccc(C(=O)Nc2cccc(NC(C)=O)c2)c1. The zero-order valence-corrected chi connectivity index (χ0v) is 16.7. The Kier molecular flexibility index (Phi) is 6.63. The minimum atomic E-state index is -0.194. The molecule has 29 heavy (non-hydrogen) atoms. The van der Waals surface area contributed by atoms with E-state index >= 15 is 0 Å². The zero-order valence-electron chi connectivity index (χ0n) is 16.7. The fourth-order valence-electron chi connectivity index (χ4n) is 3.10. The van der Waals surface area contributed by atoms with Crippen LogP contribution in [0.3, 0.4) is 0 Å². The number of amides is 2. The lowest BCUT2D eigenvalue weighted by atomic mass is 10.1. The molecule has 0 saturated heterocycles. The maximum Gasteiger partial charge on any atom is 0.255 e. The second-order valence-corrected chi connectivity index (χ2v) is 6.78. The Balaban J connectivity index is 1.67. The molecule has 0 aliphatic rings. The first-order valence-corrected chi connectivity index (χ1v) is 9.65. The van der Waals surface area contributed by atoms with Crippen molar-refractivity contribution in [2.24, 2.45) is 0 Å². The number of hydrogen-bond acceptors (Lipinski definition) is 3. The average Bonchev–Trinajstić information content (AvgIpc) is 2.72. The topological polar surface area (TPSA) is 70.2 Å². The van der Waals surface area contributed by atoms with Crippen molar-refractivity contribution >= 4 is 28.9 Å². The van der Waals surface area contributed by atoms with Crippen LogP contribution in [0.5, 0.6) is 0 Å². The third-order valence-electron chi connectivity index (χ3n) is 4.51. The van der Waals surface area contributed by atoms with Gasteiger partial charge in [-0.1, -0.05) is 43.3 Å². The molecular weight excluding hydrogens is 362 g/mol. The van der Waals surface area contributed by atoms with Crippen molar-refractivity contribution < 1.29 is 9.59 Å². The van der Waals surface area contributed by atoms with Gasteiger partial charge in [0.1, 0.15) is 0 Å². The minimum Gasteiger partial charge on any atom is -0.381 e. The van der Waals surface area contributed by atoms with Gasteiger partial charge in [-0.15, -0.1) is 0 Å². The summed E-state index contributed by atoms with van der Waals surface area (Å²) < 4.78 is 0. The number of carbonyl (C=O) groups is 2. The normalized spacial score (nSPS) is 10.3. The Morgan fingerprint density at radius 1 is 0.828 bits per heavy atom. The van der Waals surface area contributed by atoms with E-state index in [1.807, 2.05) is 30.3 Å². The molecule has 0 spiro atoms. The minimum absolute atomic E-state index is 0.154. The van der Waals surface area contributed by atoms with Crippen molar-refractivity contribution in [3.63, 3.8) is 0 Å². The summed E-state index contributed by atoms with van der Waals surface area (Å²) >= 11 is 0. The predicted molar refractivity (Wildman–Crippen MR) is 118 cm³/mol. The van der Waals surface area contributed by atoms with Gasteiger partial charge in [0.25, 0.3) is 5.91 Å². The highest BCUT2D eigenvalue weighted by Crippen LogP contribution is 2.18. The Morgan fingerprint density at radius 2 is 1.55 bits per heavy atom. The third kappa shape index (κ3) is 5.69. The van der Waals surface area contributed by atoms with E-state index in [-0.39, 0.29) is 11.8 Å². The molecule has 0 radical (unpaired) electrons. The van der Waals surface area contributed by atoms with Crippen molar-refractivity contribution in [1.29, 1.82) is 0 Å². The molecule has 0 aromatic heterocycles. The maximum atomic E-state index is 12.7. The number of nitrogens with one attached hydrogen (secondary N) is 3. The van der Waals surface area contributed by atoms with Crippen LogP contribution in [-0.2, 0) is 17.8 Å². The van der Waals surface area contributed by atoms with E-state index in [4.69, 9.17) is 0 Å². The fourth-order valence-corrected chi connectivity index (χ4v) is 3.10. The summed E-state index contributed by atoms with van der Waals surface area (Å²) in [7, 11) is 0. The monoisotopic (exact) mass is 387 g/mol. The molecule has 3 N–H and O–H groups in total. The molecule has 0 atom stereocenters. The molecule has 2 amide bonds. The van der Waals surface area contributed by atoms with Crippen LogP contribution >= 0.6 is 0 Å². The fraction of sp³-hybridized carbons (Fsp3) is 0.167. The van der Waals surface area contributed by atoms with Crippen molar-refractivity contribution in [3.8, 4) is 0 Å². The Morgan fingerprint density at radius 3 is 2.31 bits per heavy atom. The zero-order chi connectivity index (χ0) is 20.6. The van der Waals surface area contributed by atoms with Crippen molar-refractivity contribution in [1.82, 2.24) is 0 Å². The summed E-state index contributed by atoms with van der Waals surface area (Å²) in [5.74, 6) is -0.348. The third-order valence-corrected chi connectivity index (χ3v) is 4.51. The van der Waals surface area contributed by atoms with Crippen LogP contribution in [-0.4, -0.2) is 11.8 Å². The lowest BCUT2D eigenvalue weighted by Gasteiger charge is -2.12. The number of benzene rings is 3. The summed E-state index contributed by atoms with van der Waals surface area (Å²) in [5, 5.41) is 9.04. The van der Waals surface area contributed by atoms with Crippen molar-refractivity contribution in [2.45, 2.75) is 26.8 Å². The van der Waals surface area contributed by atoms with E-state index in [1.54, 1.807) is 30.3 Å². The summed E-state index contributed by atoms with van der Waals surface area (Å²) in [6.07, 6.45) is 0.961. The van der Waals surface area contributed by atoms with Gasteiger partial charge in [-0.2, -0.15) is 0 Å². The molecule has 0 heterocycles. The Bertz CT molecular complexity index is 1010. The summed E-state index contributed by atoms with van der Waals surface area (Å²) in [4.78, 5) is 23.9. The molecule has 5 heteroatoms. The van der Waals surface area contributed by atoms with Crippen LogP contribution in [0.25, 0.3) is 0 Å². The highest BCUT2D eigenvalue weighted by molar-refractivity contribution is 6.04. The number of para-hydroxylation sites is 1. The van der Waals surface area contributed by atoms with E-state index in [9.17, 15) is 9.59 Å². The summed E-state index contributed by atoms with van der Waals surface area (Å²) in [5.41, 5.74) is 5.25. The Hall–Kier alpha value is -3.60. The largest absolute Gasteiger partial charge is 0.381 e. The molecule has 0 aliphatic heterocycles. The average molecular weight is 387 g/mol. The first kappa shape index (κ1) is 20.1. The van der Waals surface area contributed by atoms with E-state index in [1.165, 1.54) is 12.5 Å². The van der Waals surface area contributed by atoms with Crippen LogP contribution in [0.2, 0.25) is 0 Å². The lowest BCUT2D eigenvalue weighted by Crippen LogP contribution is -2.13. The molecular formula is C24H25N3O2. The smallest absolute Gasteiger partial charge is 0.255 e. The number of hydrogen-bond donors (Lipinski definition) is 3. The van der Waals surface area contributed by atoms with Gasteiger partial charge in [-0.05, 0) is 53.9 Å². The molecule has 3 aromatic carbocycles. The van der Waals surface area contributed by atoms with Crippen LogP contribution in [0, 0.1) is 0 Å². The quantitative estimate of drug-likeness (QED) is 0.530. The van der Waals surface area contributed by atoms with Crippen molar-refractivity contribution in [3.05, 3.63) is 89.5 Å². The first-order chi connectivity index (χ1) is 14.0. The van der Waals surface area contributed by atoms with Gasteiger partial charge in [-0.25, -0.2) is 0 Å². The first-order valence-electron chi connectivity index (χ1n) is 9.65. The van der Waals surface area contributed by atoms with E-state index < -0.39 is 0 Å². The molecule has 0 bridgehead atoms. The standard InChI is InChI=1S/C24H25N3O2/c1-3-19-9-4-5-13-23(19)25-16-18-8-6-10-20(14-18)24(29)27-22-12-7-11-21(15-22)26-17(2)28/h4-15,25H,3,16H2,1-2H3,(H,26,28)(H,27,29). The molecule has 3 aromatic rings. The van der Waals surface area contributed by atoms with Gasteiger partial charge in [0.15, 0.2) is 0 Å². The van der Waals surface area contributed by atoms with Crippen LogP contribution in [0.15, 0.2) is 72.8 Å². The van der Waals surface area contributed by atoms with Gasteiger partial charge in [0.2, 0.25) is 5.91 Å². The van der Waals surface area contributed by atoms with E-state index in [0.29, 0.717) is 23.5 Å². The number of anilines is 3. The van der Waals surface area contributed by atoms with E-state index in [0.717, 1.165) is 17.7 Å². The lowest BCUT2D eigenvalue weighted by molar-refractivity contribution is -0.114. The van der Waals surface area contributed by atoms with Crippen LogP contribution in [0.4, 0.5) is 17.1 Å². The van der Waals surface area contributed by atoms with Gasteiger partial charge < -0.3 is 16.0 Å². The molecule has 148 valence electrons. The van der Waals surface area contributed by atoms with Gasteiger partial charge in [0.05, 0.1) is 0 Å².